The molecule has 2 fully saturated rings. The van der Waals surface area contributed by atoms with Crippen LogP contribution in [0.3, 0.4) is 0 Å². The van der Waals surface area contributed by atoms with Crippen LogP contribution in [0.2, 0.25) is 0 Å². The molecule has 0 amide bonds. The molecule has 0 radical (unpaired) electrons. The van der Waals surface area contributed by atoms with Gasteiger partial charge < -0.3 is 11.1 Å². The average molecular weight is 456 g/mol. The predicted octanol–water partition coefficient (Wildman–Crippen LogP) is 3.88. The van der Waals surface area contributed by atoms with Crippen LogP contribution in [0.1, 0.15) is 56.6 Å². The Morgan fingerprint density at radius 3 is 2.48 bits per heavy atom. The number of likely N-dealkylation sites (tertiary alicyclic amines) is 1. The first-order valence-corrected chi connectivity index (χ1v) is 9.56. The molecule has 1 aliphatic heterocycles. The Labute approximate surface area is 169 Å². The fourth-order valence-corrected chi connectivity index (χ4v) is 3.56. The van der Waals surface area contributed by atoms with Gasteiger partial charge >= 0.3 is 0 Å². The number of nitrogens with one attached hydrogen (secondary N) is 1. The van der Waals surface area contributed by atoms with Gasteiger partial charge in [-0.1, -0.05) is 37.1 Å². The molecule has 3 N–H and O–H groups in total. The number of nitrogens with zero attached hydrogens (tertiary/aromatic N) is 2. The van der Waals surface area contributed by atoms with Crippen molar-refractivity contribution in [3.8, 4) is 0 Å². The van der Waals surface area contributed by atoms with Gasteiger partial charge in [0, 0.05) is 19.1 Å². The van der Waals surface area contributed by atoms with Gasteiger partial charge in [0.2, 0.25) is 0 Å². The first-order chi connectivity index (χ1) is 11.7. The second-order valence-corrected chi connectivity index (χ2v) is 7.51. The Balaban J connectivity index is 0.00000225. The number of hydrogen-bond acceptors (Lipinski definition) is 2. The number of rotatable bonds is 6. The molecule has 1 heterocycles. The molecular formula is C20H33IN4. The molecule has 5 heteroatoms. The number of piperidine rings is 1. The van der Waals surface area contributed by atoms with E-state index in [-0.39, 0.29) is 24.0 Å². The van der Waals surface area contributed by atoms with Gasteiger partial charge in [0.1, 0.15) is 0 Å². The second kappa shape index (κ2) is 10.4. The highest BCUT2D eigenvalue weighted by Crippen LogP contribution is 2.25. The number of hydrogen-bond donors (Lipinski definition) is 2. The summed E-state index contributed by atoms with van der Waals surface area (Å²) in [6.45, 7) is 6.28. The first kappa shape index (κ1) is 20.5. The molecule has 1 atom stereocenters. The standard InChI is InChI=1S/C20H32N4.HI/c1-16-5-2-3-12-24(16)15-19-10-8-18(9-11-19)14-23-20(21)22-13-17-6-4-7-17;/h8-11,16-17H,2-7,12-15H2,1H3,(H3,21,22,23);1H. The van der Waals surface area contributed by atoms with E-state index >= 15 is 0 Å². The zero-order valence-corrected chi connectivity index (χ0v) is 17.7. The van der Waals surface area contributed by atoms with Crippen molar-refractivity contribution in [2.45, 2.75) is 64.6 Å². The average Bonchev–Trinajstić information content (AvgIpc) is 2.55. The van der Waals surface area contributed by atoms with Crippen molar-refractivity contribution >= 4 is 29.9 Å². The molecule has 0 bridgehead atoms. The van der Waals surface area contributed by atoms with Crippen molar-refractivity contribution in [2.75, 3.05) is 13.1 Å². The largest absolute Gasteiger partial charge is 0.370 e. The molecule has 1 aliphatic carbocycles. The zero-order chi connectivity index (χ0) is 16.8. The molecular weight excluding hydrogens is 423 g/mol. The molecule has 140 valence electrons. The van der Waals surface area contributed by atoms with Gasteiger partial charge in [-0.15, -0.1) is 24.0 Å². The summed E-state index contributed by atoms with van der Waals surface area (Å²) in [6, 6.07) is 9.57. The van der Waals surface area contributed by atoms with Crippen molar-refractivity contribution in [3.63, 3.8) is 0 Å². The molecule has 4 nitrogen and oxygen atoms in total. The molecule has 2 aliphatic rings. The topological polar surface area (TPSA) is 53.6 Å². The Bertz CT molecular complexity index is 539. The molecule has 1 unspecified atom stereocenters. The van der Waals surface area contributed by atoms with Crippen LogP contribution in [0.25, 0.3) is 0 Å². The Kier molecular flexibility index (Phi) is 8.49. The minimum Gasteiger partial charge on any atom is -0.370 e. The third-order valence-corrected chi connectivity index (χ3v) is 5.58. The summed E-state index contributed by atoms with van der Waals surface area (Å²) in [7, 11) is 0. The quantitative estimate of drug-likeness (QED) is 0.388. The third kappa shape index (κ3) is 6.44. The summed E-state index contributed by atoms with van der Waals surface area (Å²) < 4.78 is 0. The van der Waals surface area contributed by atoms with Gasteiger partial charge in [0.05, 0.1) is 6.54 Å². The Morgan fingerprint density at radius 1 is 1.12 bits per heavy atom. The van der Waals surface area contributed by atoms with Gasteiger partial charge in [-0.2, -0.15) is 0 Å². The van der Waals surface area contributed by atoms with E-state index in [1.54, 1.807) is 0 Å². The predicted molar refractivity (Wildman–Crippen MR) is 116 cm³/mol. The number of halogens is 1. The van der Waals surface area contributed by atoms with Crippen LogP contribution in [0.5, 0.6) is 0 Å². The van der Waals surface area contributed by atoms with Crippen LogP contribution >= 0.6 is 24.0 Å². The highest BCUT2D eigenvalue weighted by atomic mass is 127. The van der Waals surface area contributed by atoms with Crippen LogP contribution in [-0.4, -0.2) is 30.0 Å². The van der Waals surface area contributed by atoms with Crippen LogP contribution in [0, 0.1) is 5.92 Å². The first-order valence-electron chi connectivity index (χ1n) is 9.56. The molecule has 1 aromatic carbocycles. The maximum Gasteiger partial charge on any atom is 0.188 e. The lowest BCUT2D eigenvalue weighted by atomic mass is 9.85. The van der Waals surface area contributed by atoms with E-state index < -0.39 is 0 Å². The van der Waals surface area contributed by atoms with Gasteiger partial charge in [-0.05, 0) is 56.2 Å². The molecule has 25 heavy (non-hydrogen) atoms. The van der Waals surface area contributed by atoms with Crippen LogP contribution in [0.15, 0.2) is 29.3 Å². The fourth-order valence-electron chi connectivity index (χ4n) is 3.56. The van der Waals surface area contributed by atoms with Gasteiger partial charge in [-0.25, -0.2) is 4.99 Å². The number of benzene rings is 1. The summed E-state index contributed by atoms with van der Waals surface area (Å²) in [4.78, 5) is 7.05. The monoisotopic (exact) mass is 456 g/mol. The number of guanidine groups is 1. The van der Waals surface area contributed by atoms with E-state index in [9.17, 15) is 0 Å². The lowest BCUT2D eigenvalue weighted by Crippen LogP contribution is -2.37. The highest BCUT2D eigenvalue weighted by Gasteiger charge is 2.18. The summed E-state index contributed by atoms with van der Waals surface area (Å²) in [6.07, 6.45) is 8.08. The van der Waals surface area contributed by atoms with Gasteiger partial charge in [-0.3, -0.25) is 4.90 Å². The fraction of sp³-hybridized carbons (Fsp3) is 0.650. The Morgan fingerprint density at radius 2 is 1.84 bits per heavy atom. The van der Waals surface area contributed by atoms with Gasteiger partial charge in [0.25, 0.3) is 0 Å². The Hall–Kier alpha value is -0.820. The smallest absolute Gasteiger partial charge is 0.188 e. The number of nitrogens with two attached hydrogens (primary N) is 1. The maximum absolute atomic E-state index is 5.95. The SMILES string of the molecule is CC1CCCCN1Cc1ccc(CN=C(N)NCC2CCC2)cc1.I. The highest BCUT2D eigenvalue weighted by molar-refractivity contribution is 14.0. The van der Waals surface area contributed by atoms with Crippen LogP contribution in [-0.2, 0) is 13.1 Å². The van der Waals surface area contributed by atoms with E-state index in [1.807, 2.05) is 0 Å². The summed E-state index contributed by atoms with van der Waals surface area (Å²) in [5.74, 6) is 1.38. The van der Waals surface area contributed by atoms with Crippen molar-refractivity contribution in [1.29, 1.82) is 0 Å². The van der Waals surface area contributed by atoms with E-state index in [1.165, 1.54) is 56.2 Å². The zero-order valence-electron chi connectivity index (χ0n) is 15.4. The van der Waals surface area contributed by atoms with E-state index in [2.05, 4.69) is 46.4 Å². The van der Waals surface area contributed by atoms with E-state index in [4.69, 9.17) is 5.73 Å². The van der Waals surface area contributed by atoms with Crippen molar-refractivity contribution in [1.82, 2.24) is 10.2 Å². The van der Waals surface area contributed by atoms with Crippen LogP contribution < -0.4 is 11.1 Å². The van der Waals surface area contributed by atoms with Crippen molar-refractivity contribution < 1.29 is 0 Å². The summed E-state index contributed by atoms with van der Waals surface area (Å²) in [5, 5.41) is 3.25. The van der Waals surface area contributed by atoms with E-state index in [0.717, 1.165) is 19.0 Å². The molecule has 1 aromatic rings. The van der Waals surface area contributed by atoms with E-state index in [0.29, 0.717) is 18.5 Å². The maximum atomic E-state index is 5.95. The second-order valence-electron chi connectivity index (χ2n) is 7.51. The lowest BCUT2D eigenvalue weighted by molar-refractivity contribution is 0.152. The summed E-state index contributed by atoms with van der Waals surface area (Å²) >= 11 is 0. The van der Waals surface area contributed by atoms with Crippen molar-refractivity contribution in [3.05, 3.63) is 35.4 Å². The normalized spacial score (nSPS) is 22.1. The van der Waals surface area contributed by atoms with Gasteiger partial charge in [0.15, 0.2) is 5.96 Å². The molecule has 3 rings (SSSR count). The molecule has 1 saturated heterocycles. The molecule has 1 saturated carbocycles. The van der Waals surface area contributed by atoms with Crippen molar-refractivity contribution in [2.24, 2.45) is 16.6 Å². The minimum absolute atomic E-state index is 0. The summed E-state index contributed by atoms with van der Waals surface area (Å²) in [5.41, 5.74) is 8.57. The third-order valence-electron chi connectivity index (χ3n) is 5.58. The lowest BCUT2D eigenvalue weighted by Gasteiger charge is -2.33. The minimum atomic E-state index is 0. The van der Waals surface area contributed by atoms with Crippen LogP contribution in [0.4, 0.5) is 0 Å². The molecule has 0 spiro atoms. The molecule has 0 aromatic heterocycles. The number of aliphatic imine (C=N–C) groups is 1.